The van der Waals surface area contributed by atoms with E-state index in [1.807, 2.05) is 48.7 Å². The molecule has 4 nitrogen and oxygen atoms in total. The Kier molecular flexibility index (Phi) is 5.17. The molecule has 0 radical (unpaired) electrons. The third-order valence-electron chi connectivity index (χ3n) is 8.56. The van der Waals surface area contributed by atoms with Crippen molar-refractivity contribution in [2.45, 2.75) is 24.7 Å². The molecule has 0 N–H and O–H groups in total. The van der Waals surface area contributed by atoms with Crippen LogP contribution in [0.4, 0.5) is 11.4 Å². The van der Waals surface area contributed by atoms with Crippen LogP contribution in [-0.2, 0) is 21.4 Å². The van der Waals surface area contributed by atoms with Crippen LogP contribution in [0, 0.1) is 11.8 Å². The number of amides is 2. The van der Waals surface area contributed by atoms with E-state index < -0.39 is 17.3 Å². The van der Waals surface area contributed by atoms with Crippen LogP contribution in [0.3, 0.4) is 0 Å². The monoisotopic (exact) mass is 516 g/mol. The predicted molar refractivity (Wildman–Crippen MR) is 150 cm³/mol. The van der Waals surface area contributed by atoms with Crippen molar-refractivity contribution in [3.8, 4) is 0 Å². The van der Waals surface area contributed by atoms with Crippen LogP contribution in [0.5, 0.6) is 0 Å². The molecular formula is C33H25ClN2O2. The first-order chi connectivity index (χ1) is 18.6. The van der Waals surface area contributed by atoms with Crippen molar-refractivity contribution < 1.29 is 9.59 Å². The first-order valence-electron chi connectivity index (χ1n) is 13.0. The number of halogens is 1. The second kappa shape index (κ2) is 8.50. The van der Waals surface area contributed by atoms with Crippen molar-refractivity contribution >= 4 is 41.0 Å². The summed E-state index contributed by atoms with van der Waals surface area (Å²) in [5.41, 5.74) is 5.83. The van der Waals surface area contributed by atoms with Gasteiger partial charge in [0.2, 0.25) is 11.8 Å². The first-order valence-corrected chi connectivity index (χ1v) is 13.4. The Morgan fingerprint density at radius 3 is 2.11 bits per heavy atom. The molecule has 2 amide bonds. The number of aliphatic imine (C=N–C) groups is 1. The highest BCUT2D eigenvalue weighted by Crippen LogP contribution is 2.64. The summed E-state index contributed by atoms with van der Waals surface area (Å²) >= 11 is 6.54. The molecule has 38 heavy (non-hydrogen) atoms. The van der Waals surface area contributed by atoms with E-state index in [0.717, 1.165) is 39.9 Å². The minimum atomic E-state index is -0.893. The molecule has 1 saturated heterocycles. The van der Waals surface area contributed by atoms with E-state index in [9.17, 15) is 9.59 Å². The van der Waals surface area contributed by atoms with Gasteiger partial charge in [-0.2, -0.15) is 0 Å². The van der Waals surface area contributed by atoms with Gasteiger partial charge in [0.25, 0.3) is 0 Å². The molecule has 2 atom stereocenters. The summed E-state index contributed by atoms with van der Waals surface area (Å²) in [6.07, 6.45) is 2.80. The van der Waals surface area contributed by atoms with Gasteiger partial charge in [-0.05, 0) is 52.4 Å². The highest BCUT2D eigenvalue weighted by Gasteiger charge is 2.68. The molecule has 1 heterocycles. The molecule has 0 spiro atoms. The van der Waals surface area contributed by atoms with Gasteiger partial charge in [0.15, 0.2) is 0 Å². The lowest BCUT2D eigenvalue weighted by atomic mass is 9.47. The molecule has 1 aliphatic heterocycles. The number of carbonyl (C=O) groups excluding carboxylic acids is 2. The average Bonchev–Trinajstić information content (AvgIpc) is 3.23. The summed E-state index contributed by atoms with van der Waals surface area (Å²) < 4.78 is 0. The minimum Gasteiger partial charge on any atom is -0.274 e. The maximum atomic E-state index is 14.4. The quantitative estimate of drug-likeness (QED) is 0.220. The third-order valence-corrected chi connectivity index (χ3v) is 8.88. The van der Waals surface area contributed by atoms with Gasteiger partial charge < -0.3 is 0 Å². The zero-order valence-corrected chi connectivity index (χ0v) is 21.6. The zero-order chi connectivity index (χ0) is 26.0. The number of hydrogen-bond donors (Lipinski definition) is 0. The Bertz CT molecular complexity index is 1610. The van der Waals surface area contributed by atoms with E-state index in [4.69, 9.17) is 16.6 Å². The first kappa shape index (κ1) is 23.1. The van der Waals surface area contributed by atoms with E-state index in [0.29, 0.717) is 10.7 Å². The van der Waals surface area contributed by atoms with Gasteiger partial charge in [-0.25, -0.2) is 4.90 Å². The molecule has 4 aromatic rings. The summed E-state index contributed by atoms with van der Waals surface area (Å²) in [4.78, 5) is 35.1. The fraction of sp³-hybridized carbons (Fsp3) is 0.182. The lowest BCUT2D eigenvalue weighted by Gasteiger charge is -2.52. The maximum Gasteiger partial charge on any atom is 0.239 e. The molecule has 2 unspecified atom stereocenters. The smallest absolute Gasteiger partial charge is 0.239 e. The number of benzene rings is 4. The second-order valence-electron chi connectivity index (χ2n) is 10.2. The normalized spacial score (nSPS) is 25.0. The Morgan fingerprint density at radius 1 is 0.816 bits per heavy atom. The van der Waals surface area contributed by atoms with E-state index in [2.05, 4.69) is 37.3 Å². The lowest BCUT2D eigenvalue weighted by molar-refractivity contribution is -0.122. The molecule has 8 rings (SSSR count). The molecule has 2 bridgehead atoms. The number of aryl methyl sites for hydroxylation is 1. The number of anilines is 1. The van der Waals surface area contributed by atoms with Crippen molar-refractivity contribution in [1.29, 1.82) is 0 Å². The molecule has 0 aromatic heterocycles. The van der Waals surface area contributed by atoms with Crippen LogP contribution in [0.2, 0.25) is 5.02 Å². The van der Waals surface area contributed by atoms with E-state index in [-0.39, 0.29) is 17.7 Å². The van der Waals surface area contributed by atoms with Crippen molar-refractivity contribution in [3.63, 3.8) is 0 Å². The zero-order valence-electron chi connectivity index (χ0n) is 20.8. The number of rotatable bonds is 4. The van der Waals surface area contributed by atoms with Crippen molar-refractivity contribution in [2.24, 2.45) is 16.8 Å². The SMILES string of the molecule is CCc1ccccc1N=CC12c3ccccc3C(c3ccccc31)C1C(=O)N(c3ccccc3Cl)C(=O)C12. The van der Waals surface area contributed by atoms with Gasteiger partial charge in [-0.15, -0.1) is 0 Å². The van der Waals surface area contributed by atoms with Gasteiger partial charge >= 0.3 is 0 Å². The molecule has 3 aliphatic carbocycles. The van der Waals surface area contributed by atoms with Crippen molar-refractivity contribution in [1.82, 2.24) is 0 Å². The van der Waals surface area contributed by atoms with E-state index in [1.165, 1.54) is 4.90 Å². The Labute approximate surface area is 226 Å². The van der Waals surface area contributed by atoms with Crippen LogP contribution in [0.25, 0.3) is 0 Å². The Balaban J connectivity index is 1.52. The summed E-state index contributed by atoms with van der Waals surface area (Å²) in [6.45, 7) is 2.11. The molecule has 4 aliphatic rings. The molecule has 5 heteroatoms. The predicted octanol–water partition coefficient (Wildman–Crippen LogP) is 6.86. The minimum absolute atomic E-state index is 0.200. The molecule has 0 saturated carbocycles. The standard InChI is InChI=1S/C33H25ClN2O2/c1-2-20-11-3-9-17-26(20)35-19-33-23-14-6-4-12-21(23)28(22-13-5-7-15-24(22)33)29-30(33)32(38)36(31(29)37)27-18-10-8-16-25(27)34/h3-19,28-30H,2H2,1H3. The largest absolute Gasteiger partial charge is 0.274 e. The highest BCUT2D eigenvalue weighted by molar-refractivity contribution is 6.36. The van der Waals surface area contributed by atoms with Crippen LogP contribution in [0.15, 0.2) is 102 Å². The van der Waals surface area contributed by atoms with E-state index in [1.54, 1.807) is 24.3 Å². The van der Waals surface area contributed by atoms with Gasteiger partial charge in [0.05, 0.1) is 33.6 Å². The number of para-hydroxylation sites is 2. The van der Waals surface area contributed by atoms with Crippen molar-refractivity contribution in [3.05, 3.63) is 130 Å². The average molecular weight is 517 g/mol. The molecular weight excluding hydrogens is 492 g/mol. The van der Waals surface area contributed by atoms with Gasteiger partial charge in [0, 0.05) is 12.1 Å². The number of imide groups is 1. The lowest BCUT2D eigenvalue weighted by Crippen LogP contribution is -2.54. The summed E-state index contributed by atoms with van der Waals surface area (Å²) in [7, 11) is 0. The van der Waals surface area contributed by atoms with Crippen LogP contribution in [0.1, 0.15) is 40.7 Å². The molecule has 4 aromatic carbocycles. The fourth-order valence-corrected chi connectivity index (χ4v) is 7.25. The van der Waals surface area contributed by atoms with E-state index >= 15 is 0 Å². The topological polar surface area (TPSA) is 49.7 Å². The van der Waals surface area contributed by atoms with Crippen molar-refractivity contribution in [2.75, 3.05) is 4.90 Å². The Hall–Kier alpha value is -4.02. The number of hydrogen-bond acceptors (Lipinski definition) is 3. The Morgan fingerprint density at radius 2 is 1.42 bits per heavy atom. The summed E-state index contributed by atoms with van der Waals surface area (Å²) in [6, 6.07) is 31.6. The maximum absolute atomic E-state index is 14.4. The van der Waals surface area contributed by atoms with Crippen LogP contribution in [-0.4, -0.2) is 18.0 Å². The number of nitrogens with zero attached hydrogens (tertiary/aromatic N) is 2. The number of carbonyl (C=O) groups is 2. The summed E-state index contributed by atoms with van der Waals surface area (Å²) in [5, 5.41) is 0.384. The van der Waals surface area contributed by atoms with Crippen LogP contribution >= 0.6 is 11.6 Å². The fourth-order valence-electron chi connectivity index (χ4n) is 7.03. The molecule has 1 fully saturated rings. The van der Waals surface area contributed by atoms with Gasteiger partial charge in [-0.1, -0.05) is 97.4 Å². The molecule has 186 valence electrons. The van der Waals surface area contributed by atoms with Gasteiger partial charge in [-0.3, -0.25) is 14.6 Å². The van der Waals surface area contributed by atoms with Crippen LogP contribution < -0.4 is 4.90 Å². The van der Waals surface area contributed by atoms with Gasteiger partial charge in [0.1, 0.15) is 0 Å². The summed E-state index contributed by atoms with van der Waals surface area (Å²) in [5.74, 6) is -1.81. The highest BCUT2D eigenvalue weighted by atomic mass is 35.5. The second-order valence-corrected chi connectivity index (χ2v) is 10.6. The third kappa shape index (κ3) is 2.95.